The van der Waals surface area contributed by atoms with Crippen LogP contribution in [0.1, 0.15) is 27.2 Å². The largest absolute Gasteiger partial charge is 0.360 e. The van der Waals surface area contributed by atoms with Crippen LogP contribution in [-0.4, -0.2) is 21.8 Å². The molecular weight excluding hydrogens is 448 g/mol. The van der Waals surface area contributed by atoms with Crippen LogP contribution < -0.4 is 5.43 Å². The summed E-state index contributed by atoms with van der Waals surface area (Å²) in [7, 11) is 0. The first-order valence-electron chi connectivity index (χ1n) is 10.8. The van der Waals surface area contributed by atoms with Crippen LogP contribution in [0.2, 0.25) is 5.02 Å². The lowest BCUT2D eigenvalue weighted by molar-refractivity contribution is 0.0954. The number of carbonyl (C=O) groups excluding carboxylic acids is 1. The first-order chi connectivity index (χ1) is 16.6. The van der Waals surface area contributed by atoms with Crippen molar-refractivity contribution in [2.75, 3.05) is 0 Å². The van der Waals surface area contributed by atoms with Crippen LogP contribution in [0, 0.1) is 6.92 Å². The zero-order valence-corrected chi connectivity index (χ0v) is 19.2. The maximum absolute atomic E-state index is 13.0. The average Bonchev–Trinajstić information content (AvgIpc) is 3.40. The van der Waals surface area contributed by atoms with Gasteiger partial charge in [0.2, 0.25) is 0 Å². The Morgan fingerprint density at radius 1 is 1.06 bits per heavy atom. The third-order valence-electron chi connectivity index (χ3n) is 5.60. The summed E-state index contributed by atoms with van der Waals surface area (Å²) in [4.78, 5) is 13.0. The minimum absolute atomic E-state index is 0.303. The van der Waals surface area contributed by atoms with Gasteiger partial charge in [0.15, 0.2) is 0 Å². The first-order valence-corrected chi connectivity index (χ1v) is 11.2. The summed E-state index contributed by atoms with van der Waals surface area (Å²) in [6.07, 6.45) is 3.69. The number of aromatic nitrogens is 2. The Labute approximate surface area is 201 Å². The van der Waals surface area contributed by atoms with Gasteiger partial charge in [0.05, 0.1) is 11.2 Å². The monoisotopic (exact) mass is 468 g/mol. The molecule has 0 saturated heterocycles. The summed E-state index contributed by atoms with van der Waals surface area (Å²) in [6, 6.07) is 25.6. The SMILES string of the molecule is Cc1onc(-c2ccccc2Cl)c1C(=O)N/N=C\c1cn(Cc2ccccc2)c2ccccc12. The van der Waals surface area contributed by atoms with Gasteiger partial charge in [-0.2, -0.15) is 5.10 Å². The van der Waals surface area contributed by atoms with Crippen molar-refractivity contribution >= 4 is 34.6 Å². The Morgan fingerprint density at radius 3 is 2.62 bits per heavy atom. The molecule has 0 saturated carbocycles. The molecule has 2 aromatic heterocycles. The van der Waals surface area contributed by atoms with Crippen molar-refractivity contribution in [3.63, 3.8) is 0 Å². The van der Waals surface area contributed by atoms with E-state index in [-0.39, 0.29) is 0 Å². The second kappa shape index (κ2) is 9.37. The number of amides is 1. The second-order valence-electron chi connectivity index (χ2n) is 7.86. The summed E-state index contributed by atoms with van der Waals surface area (Å²) in [5.41, 5.74) is 7.12. The van der Waals surface area contributed by atoms with Gasteiger partial charge in [-0.25, -0.2) is 5.43 Å². The van der Waals surface area contributed by atoms with E-state index in [2.05, 4.69) is 38.5 Å². The van der Waals surface area contributed by atoms with E-state index in [0.717, 1.165) is 23.0 Å². The molecule has 0 unspecified atom stereocenters. The fourth-order valence-corrected chi connectivity index (χ4v) is 4.21. The first kappa shape index (κ1) is 21.7. The molecule has 3 aromatic carbocycles. The smallest absolute Gasteiger partial charge is 0.277 e. The topological polar surface area (TPSA) is 72.4 Å². The predicted octanol–water partition coefficient (Wildman–Crippen LogP) is 6.07. The molecule has 0 radical (unpaired) electrons. The number of nitrogens with zero attached hydrogens (tertiary/aromatic N) is 3. The predicted molar refractivity (Wildman–Crippen MR) is 134 cm³/mol. The maximum Gasteiger partial charge on any atom is 0.277 e. The molecule has 7 heteroatoms. The Morgan fingerprint density at radius 2 is 1.79 bits per heavy atom. The standard InChI is InChI=1S/C27H21ClN4O2/c1-18-25(26(31-34-18)22-12-5-7-13-23(22)28)27(33)30-29-15-20-17-32(16-19-9-3-2-4-10-19)24-14-8-6-11-21(20)24/h2-15,17H,16H2,1H3,(H,30,33)/b29-15-. The van der Waals surface area contributed by atoms with Crippen molar-refractivity contribution in [2.24, 2.45) is 5.10 Å². The van der Waals surface area contributed by atoms with E-state index in [1.54, 1.807) is 25.3 Å². The second-order valence-corrected chi connectivity index (χ2v) is 8.26. The van der Waals surface area contributed by atoms with Gasteiger partial charge in [0, 0.05) is 34.8 Å². The number of aryl methyl sites for hydroxylation is 1. The molecule has 0 aliphatic heterocycles. The molecule has 0 bridgehead atoms. The highest BCUT2D eigenvalue weighted by molar-refractivity contribution is 6.33. The van der Waals surface area contributed by atoms with Crippen molar-refractivity contribution in [3.8, 4) is 11.3 Å². The highest BCUT2D eigenvalue weighted by Gasteiger charge is 2.22. The quantitative estimate of drug-likeness (QED) is 0.243. The molecule has 2 heterocycles. The summed E-state index contributed by atoms with van der Waals surface area (Å²) < 4.78 is 7.46. The number of carbonyl (C=O) groups is 1. The number of rotatable bonds is 6. The number of hydrogen-bond donors (Lipinski definition) is 1. The molecule has 0 aliphatic carbocycles. The number of benzene rings is 3. The molecule has 1 amide bonds. The summed E-state index contributed by atoms with van der Waals surface area (Å²) in [5, 5.41) is 9.80. The molecular formula is C27H21ClN4O2. The number of halogens is 1. The molecule has 6 nitrogen and oxygen atoms in total. The van der Waals surface area contributed by atoms with E-state index < -0.39 is 5.91 Å². The number of hydrogen-bond acceptors (Lipinski definition) is 4. The highest BCUT2D eigenvalue weighted by Crippen LogP contribution is 2.31. The Kier molecular flexibility index (Phi) is 5.97. The van der Waals surface area contributed by atoms with Crippen LogP contribution in [-0.2, 0) is 6.54 Å². The molecule has 34 heavy (non-hydrogen) atoms. The lowest BCUT2D eigenvalue weighted by Crippen LogP contribution is -2.18. The number of para-hydroxylation sites is 1. The Hall–Kier alpha value is -4.16. The van der Waals surface area contributed by atoms with Gasteiger partial charge in [-0.3, -0.25) is 4.79 Å². The van der Waals surface area contributed by atoms with Gasteiger partial charge in [-0.05, 0) is 24.6 Å². The van der Waals surface area contributed by atoms with Gasteiger partial charge in [0.1, 0.15) is 17.0 Å². The lowest BCUT2D eigenvalue weighted by atomic mass is 10.1. The van der Waals surface area contributed by atoms with Gasteiger partial charge in [-0.15, -0.1) is 0 Å². The minimum atomic E-state index is -0.419. The maximum atomic E-state index is 13.0. The summed E-state index contributed by atoms with van der Waals surface area (Å²) >= 11 is 6.30. The van der Waals surface area contributed by atoms with Crippen LogP contribution in [0.15, 0.2) is 94.7 Å². The third kappa shape index (κ3) is 4.23. The molecule has 0 aliphatic rings. The normalized spacial score (nSPS) is 11.4. The molecule has 0 atom stereocenters. The number of fused-ring (bicyclic) bond motifs is 1. The minimum Gasteiger partial charge on any atom is -0.360 e. The van der Waals surface area contributed by atoms with Crippen molar-refractivity contribution < 1.29 is 9.32 Å². The van der Waals surface area contributed by atoms with E-state index in [4.69, 9.17) is 16.1 Å². The van der Waals surface area contributed by atoms with Crippen molar-refractivity contribution in [1.82, 2.24) is 15.1 Å². The van der Waals surface area contributed by atoms with Crippen LogP contribution >= 0.6 is 11.6 Å². The Balaban J connectivity index is 1.40. The van der Waals surface area contributed by atoms with Gasteiger partial charge < -0.3 is 9.09 Å². The molecule has 1 N–H and O–H groups in total. The van der Waals surface area contributed by atoms with E-state index in [0.29, 0.717) is 27.6 Å². The van der Waals surface area contributed by atoms with Crippen molar-refractivity contribution in [1.29, 1.82) is 0 Å². The Bertz CT molecular complexity index is 1500. The molecule has 5 aromatic rings. The zero-order valence-electron chi connectivity index (χ0n) is 18.4. The summed E-state index contributed by atoms with van der Waals surface area (Å²) in [5.74, 6) is -0.0278. The van der Waals surface area contributed by atoms with Gasteiger partial charge >= 0.3 is 0 Å². The third-order valence-corrected chi connectivity index (χ3v) is 5.93. The van der Waals surface area contributed by atoms with Crippen LogP contribution in [0.3, 0.4) is 0 Å². The number of nitrogens with one attached hydrogen (secondary N) is 1. The van der Waals surface area contributed by atoms with E-state index >= 15 is 0 Å². The van der Waals surface area contributed by atoms with E-state index in [1.165, 1.54) is 5.56 Å². The molecule has 0 fully saturated rings. The molecule has 5 rings (SSSR count). The van der Waals surface area contributed by atoms with Crippen LogP contribution in [0.5, 0.6) is 0 Å². The van der Waals surface area contributed by atoms with E-state index in [1.807, 2.05) is 54.7 Å². The molecule has 0 spiro atoms. The van der Waals surface area contributed by atoms with Crippen LogP contribution in [0.25, 0.3) is 22.2 Å². The van der Waals surface area contributed by atoms with Crippen LogP contribution in [0.4, 0.5) is 0 Å². The summed E-state index contributed by atoms with van der Waals surface area (Å²) in [6.45, 7) is 2.42. The van der Waals surface area contributed by atoms with E-state index in [9.17, 15) is 4.79 Å². The molecule has 168 valence electrons. The van der Waals surface area contributed by atoms with Crippen molar-refractivity contribution in [3.05, 3.63) is 113 Å². The fraction of sp³-hybridized carbons (Fsp3) is 0.0741. The number of hydrazone groups is 1. The van der Waals surface area contributed by atoms with Crippen molar-refractivity contribution in [2.45, 2.75) is 13.5 Å². The average molecular weight is 469 g/mol. The van der Waals surface area contributed by atoms with Gasteiger partial charge in [-0.1, -0.05) is 83.5 Å². The van der Waals surface area contributed by atoms with Gasteiger partial charge in [0.25, 0.3) is 5.91 Å². The lowest BCUT2D eigenvalue weighted by Gasteiger charge is -2.05. The zero-order chi connectivity index (χ0) is 23.5. The fourth-order valence-electron chi connectivity index (χ4n) is 3.98. The highest BCUT2D eigenvalue weighted by atomic mass is 35.5.